The van der Waals surface area contributed by atoms with Crippen molar-refractivity contribution in [2.45, 2.75) is 58.6 Å². The first-order valence-corrected chi connectivity index (χ1v) is 8.56. The van der Waals surface area contributed by atoms with Gasteiger partial charge in [-0.05, 0) is 69.9 Å². The third-order valence-corrected chi connectivity index (χ3v) is 5.51. The maximum atomic E-state index is 12.4. The van der Waals surface area contributed by atoms with E-state index < -0.39 is 6.10 Å². The zero-order valence-corrected chi connectivity index (χ0v) is 13.8. The van der Waals surface area contributed by atoms with Gasteiger partial charge in [-0.25, -0.2) is 0 Å². The highest BCUT2D eigenvalue weighted by molar-refractivity contribution is 5.81. The Morgan fingerprint density at radius 3 is 2.50 bits per heavy atom. The summed E-state index contributed by atoms with van der Waals surface area (Å²) in [5.41, 5.74) is 1.19. The van der Waals surface area contributed by atoms with Crippen LogP contribution in [0.15, 0.2) is 24.3 Å². The number of aryl methyl sites for hydroxylation is 1. The molecular formula is C19H27NO2. The first-order valence-electron chi connectivity index (χ1n) is 8.56. The molecule has 0 spiro atoms. The number of carbonyl (C=O) groups is 1. The first kappa shape index (κ1) is 15.4. The Hall–Kier alpha value is -1.51. The molecule has 5 atom stereocenters. The van der Waals surface area contributed by atoms with Crippen LogP contribution in [0.1, 0.15) is 45.1 Å². The molecule has 0 aromatic heterocycles. The Balaban J connectivity index is 1.51. The van der Waals surface area contributed by atoms with Crippen LogP contribution in [0.5, 0.6) is 5.75 Å². The molecule has 2 saturated carbocycles. The van der Waals surface area contributed by atoms with E-state index >= 15 is 0 Å². The Morgan fingerprint density at radius 2 is 1.91 bits per heavy atom. The topological polar surface area (TPSA) is 38.3 Å². The summed E-state index contributed by atoms with van der Waals surface area (Å²) in [6.07, 6.45) is 4.96. The van der Waals surface area contributed by atoms with Crippen LogP contribution in [0, 0.1) is 24.7 Å². The van der Waals surface area contributed by atoms with Crippen molar-refractivity contribution < 1.29 is 9.53 Å². The van der Waals surface area contributed by atoms with Gasteiger partial charge in [0, 0.05) is 6.04 Å². The minimum atomic E-state index is -0.455. The highest BCUT2D eigenvalue weighted by Gasteiger charge is 2.42. The summed E-state index contributed by atoms with van der Waals surface area (Å²) in [6, 6.07) is 8.08. The second-order valence-electron chi connectivity index (χ2n) is 7.21. The molecule has 2 aliphatic carbocycles. The van der Waals surface area contributed by atoms with Crippen LogP contribution in [0.4, 0.5) is 0 Å². The summed E-state index contributed by atoms with van der Waals surface area (Å²) in [4.78, 5) is 12.4. The predicted octanol–water partition coefficient (Wildman–Crippen LogP) is 3.70. The molecule has 3 rings (SSSR count). The van der Waals surface area contributed by atoms with E-state index in [0.717, 1.165) is 17.6 Å². The molecule has 22 heavy (non-hydrogen) atoms. The van der Waals surface area contributed by atoms with Gasteiger partial charge in [0.25, 0.3) is 5.91 Å². The predicted molar refractivity (Wildman–Crippen MR) is 87.8 cm³/mol. The molecule has 0 saturated heterocycles. The lowest BCUT2D eigenvalue weighted by molar-refractivity contribution is -0.128. The molecule has 0 unspecified atom stereocenters. The van der Waals surface area contributed by atoms with Gasteiger partial charge >= 0.3 is 0 Å². The van der Waals surface area contributed by atoms with Gasteiger partial charge in [0.15, 0.2) is 6.10 Å². The molecule has 1 aromatic rings. The van der Waals surface area contributed by atoms with E-state index in [1.807, 2.05) is 38.1 Å². The Morgan fingerprint density at radius 1 is 1.18 bits per heavy atom. The number of rotatable bonds is 5. The minimum Gasteiger partial charge on any atom is -0.481 e. The standard InChI is InChI=1S/C19H27NO2/c1-12-4-8-17(9-5-12)22-14(3)19(21)20-13(2)18-11-15-6-7-16(18)10-15/h4-5,8-9,13-16,18H,6-7,10-11H2,1-3H3,(H,20,21)/t13-,14+,15-,16-,18+/m1/s1. The van der Waals surface area contributed by atoms with Crippen LogP contribution in [0.2, 0.25) is 0 Å². The molecule has 2 aliphatic rings. The maximum Gasteiger partial charge on any atom is 0.260 e. The van der Waals surface area contributed by atoms with Crippen molar-refractivity contribution >= 4 is 5.91 Å². The molecule has 2 fully saturated rings. The molecule has 3 nitrogen and oxygen atoms in total. The average molecular weight is 301 g/mol. The zero-order valence-electron chi connectivity index (χ0n) is 13.8. The summed E-state index contributed by atoms with van der Waals surface area (Å²) in [5, 5.41) is 3.17. The second-order valence-corrected chi connectivity index (χ2v) is 7.21. The van der Waals surface area contributed by atoms with Gasteiger partial charge < -0.3 is 10.1 Å². The van der Waals surface area contributed by atoms with Crippen molar-refractivity contribution in [1.82, 2.24) is 5.32 Å². The summed E-state index contributed by atoms with van der Waals surface area (Å²) >= 11 is 0. The van der Waals surface area contributed by atoms with Gasteiger partial charge in [-0.15, -0.1) is 0 Å². The zero-order chi connectivity index (χ0) is 15.7. The van der Waals surface area contributed by atoms with Crippen LogP contribution in [-0.2, 0) is 4.79 Å². The summed E-state index contributed by atoms with van der Waals surface area (Å²) < 4.78 is 5.74. The van der Waals surface area contributed by atoms with Crippen molar-refractivity contribution in [2.75, 3.05) is 0 Å². The molecule has 0 radical (unpaired) electrons. The molecule has 3 heteroatoms. The number of fused-ring (bicyclic) bond motifs is 2. The van der Waals surface area contributed by atoms with E-state index in [9.17, 15) is 4.79 Å². The van der Waals surface area contributed by atoms with E-state index in [2.05, 4.69) is 12.2 Å². The van der Waals surface area contributed by atoms with E-state index in [-0.39, 0.29) is 11.9 Å². The number of amides is 1. The van der Waals surface area contributed by atoms with Gasteiger partial charge in [0.05, 0.1) is 0 Å². The quantitative estimate of drug-likeness (QED) is 0.900. The van der Waals surface area contributed by atoms with Crippen molar-refractivity contribution in [2.24, 2.45) is 17.8 Å². The molecule has 1 aromatic carbocycles. The maximum absolute atomic E-state index is 12.4. The Labute approximate surface area is 133 Å². The lowest BCUT2D eigenvalue weighted by Gasteiger charge is -2.29. The minimum absolute atomic E-state index is 0.00384. The van der Waals surface area contributed by atoms with Gasteiger partial charge in [0.1, 0.15) is 5.75 Å². The summed E-state index contributed by atoms with van der Waals surface area (Å²) in [5.74, 6) is 3.15. The molecule has 120 valence electrons. The lowest BCUT2D eigenvalue weighted by atomic mass is 9.84. The first-order chi connectivity index (χ1) is 10.5. The van der Waals surface area contributed by atoms with Crippen LogP contribution in [0.3, 0.4) is 0 Å². The fraction of sp³-hybridized carbons (Fsp3) is 0.632. The second kappa shape index (κ2) is 6.31. The van der Waals surface area contributed by atoms with Crippen LogP contribution >= 0.6 is 0 Å². The number of nitrogens with one attached hydrogen (secondary N) is 1. The lowest BCUT2D eigenvalue weighted by Crippen LogP contribution is -2.45. The normalized spacial score (nSPS) is 29.1. The SMILES string of the molecule is Cc1ccc(O[C@@H](C)C(=O)N[C@H](C)[C@@H]2C[C@@H]3CC[C@@H]2C3)cc1. The number of benzene rings is 1. The van der Waals surface area contributed by atoms with Crippen molar-refractivity contribution in [1.29, 1.82) is 0 Å². The summed E-state index contributed by atoms with van der Waals surface area (Å²) in [6.45, 7) is 6.02. The van der Waals surface area contributed by atoms with E-state index in [1.165, 1.54) is 31.2 Å². The van der Waals surface area contributed by atoms with Gasteiger partial charge in [-0.2, -0.15) is 0 Å². The number of hydrogen-bond acceptors (Lipinski definition) is 2. The van der Waals surface area contributed by atoms with Crippen molar-refractivity contribution in [3.63, 3.8) is 0 Å². The van der Waals surface area contributed by atoms with Crippen LogP contribution < -0.4 is 10.1 Å². The van der Waals surface area contributed by atoms with Gasteiger partial charge in [-0.3, -0.25) is 4.79 Å². The molecule has 1 amide bonds. The molecular weight excluding hydrogens is 274 g/mol. The molecule has 2 bridgehead atoms. The van der Waals surface area contributed by atoms with Crippen molar-refractivity contribution in [3.05, 3.63) is 29.8 Å². The van der Waals surface area contributed by atoms with Crippen molar-refractivity contribution in [3.8, 4) is 5.75 Å². The Bertz CT molecular complexity index is 525. The number of ether oxygens (including phenoxy) is 1. The highest BCUT2D eigenvalue weighted by atomic mass is 16.5. The van der Waals surface area contributed by atoms with Gasteiger partial charge in [0.2, 0.25) is 0 Å². The Kier molecular flexibility index (Phi) is 4.42. The highest BCUT2D eigenvalue weighted by Crippen LogP contribution is 2.49. The third kappa shape index (κ3) is 3.29. The van der Waals surface area contributed by atoms with E-state index in [4.69, 9.17) is 4.74 Å². The molecule has 0 heterocycles. The van der Waals surface area contributed by atoms with E-state index in [0.29, 0.717) is 5.92 Å². The molecule has 1 N–H and O–H groups in total. The van der Waals surface area contributed by atoms with Gasteiger partial charge in [-0.1, -0.05) is 24.1 Å². The fourth-order valence-corrected chi connectivity index (χ4v) is 4.23. The van der Waals surface area contributed by atoms with Crippen LogP contribution in [-0.4, -0.2) is 18.1 Å². The monoisotopic (exact) mass is 301 g/mol. The smallest absolute Gasteiger partial charge is 0.260 e. The van der Waals surface area contributed by atoms with Crippen LogP contribution in [0.25, 0.3) is 0 Å². The largest absolute Gasteiger partial charge is 0.481 e. The number of carbonyl (C=O) groups excluding carboxylic acids is 1. The number of hydrogen-bond donors (Lipinski definition) is 1. The fourth-order valence-electron chi connectivity index (χ4n) is 4.23. The third-order valence-electron chi connectivity index (χ3n) is 5.51. The van der Waals surface area contributed by atoms with E-state index in [1.54, 1.807) is 0 Å². The molecule has 0 aliphatic heterocycles. The summed E-state index contributed by atoms with van der Waals surface area (Å²) in [7, 11) is 0. The average Bonchev–Trinajstić information content (AvgIpc) is 3.12.